The Hall–Kier alpha value is -1.39. The highest BCUT2D eigenvalue weighted by molar-refractivity contribution is 5.82. The molecule has 1 aromatic rings. The van der Waals surface area contributed by atoms with Gasteiger partial charge in [0.15, 0.2) is 0 Å². The van der Waals surface area contributed by atoms with Crippen LogP contribution in [-0.4, -0.2) is 48.1 Å². The van der Waals surface area contributed by atoms with Crippen molar-refractivity contribution in [2.45, 2.75) is 63.0 Å². The molecule has 2 unspecified atom stereocenters. The van der Waals surface area contributed by atoms with Crippen molar-refractivity contribution in [2.75, 3.05) is 20.7 Å². The van der Waals surface area contributed by atoms with Gasteiger partial charge in [-0.1, -0.05) is 13.0 Å². The summed E-state index contributed by atoms with van der Waals surface area (Å²) in [4.78, 5) is 14.6. The molecule has 0 bridgehead atoms. The van der Waals surface area contributed by atoms with E-state index >= 15 is 0 Å². The number of hydrogen-bond donors (Lipinski definition) is 1. The Morgan fingerprint density at radius 2 is 2.12 bits per heavy atom. The molecule has 3 atom stereocenters. The third kappa shape index (κ3) is 2.39. The van der Waals surface area contributed by atoms with Crippen molar-refractivity contribution in [2.24, 2.45) is 0 Å². The van der Waals surface area contributed by atoms with Crippen molar-refractivity contribution in [1.82, 2.24) is 4.90 Å². The number of ketones is 1. The molecule has 1 heterocycles. The van der Waals surface area contributed by atoms with Crippen molar-refractivity contribution in [3.05, 3.63) is 29.3 Å². The number of methoxy groups -OCH3 is 1. The van der Waals surface area contributed by atoms with Crippen molar-refractivity contribution < 1.29 is 14.6 Å². The lowest BCUT2D eigenvalue weighted by atomic mass is 9.53. The Balaban J connectivity index is 2.22. The Bertz CT molecular complexity index is 644. The zero-order valence-electron chi connectivity index (χ0n) is 15.3. The van der Waals surface area contributed by atoms with Crippen LogP contribution in [0, 0.1) is 0 Å². The molecule has 1 aromatic carbocycles. The number of nitrogens with zero attached hydrogens (tertiary/aromatic N) is 1. The molecule has 2 fully saturated rings. The summed E-state index contributed by atoms with van der Waals surface area (Å²) in [6.45, 7) is 5.11. The van der Waals surface area contributed by atoms with Gasteiger partial charge in [0.05, 0.1) is 12.7 Å². The second-order valence-electron chi connectivity index (χ2n) is 7.51. The normalized spacial score (nSPS) is 34.0. The molecule has 1 aliphatic carbocycles. The summed E-state index contributed by atoms with van der Waals surface area (Å²) in [5.74, 6) is 1.06. The predicted octanol–water partition coefficient (Wildman–Crippen LogP) is 2.70. The van der Waals surface area contributed by atoms with Gasteiger partial charge in [-0.3, -0.25) is 4.79 Å². The fraction of sp³-hybridized carbons (Fsp3) is 0.650. The van der Waals surface area contributed by atoms with Gasteiger partial charge in [-0.2, -0.15) is 0 Å². The first-order chi connectivity index (χ1) is 11.4. The molecule has 132 valence electrons. The lowest BCUT2D eigenvalue weighted by molar-refractivity contribution is -0.161. The second-order valence-corrected chi connectivity index (χ2v) is 7.51. The van der Waals surface area contributed by atoms with Gasteiger partial charge in [-0.05, 0) is 63.0 Å². The minimum atomic E-state index is -0.885. The Kier molecular flexibility index (Phi) is 4.47. The minimum absolute atomic E-state index is 0.0234. The lowest BCUT2D eigenvalue weighted by Gasteiger charge is -2.59. The molecule has 0 spiro atoms. The molecule has 4 nitrogen and oxygen atoms in total. The van der Waals surface area contributed by atoms with Crippen molar-refractivity contribution in [3.8, 4) is 5.75 Å². The van der Waals surface area contributed by atoms with Gasteiger partial charge in [0.1, 0.15) is 11.5 Å². The largest absolute Gasteiger partial charge is 0.497 e. The summed E-state index contributed by atoms with van der Waals surface area (Å²) in [5, 5.41) is 11.8. The Labute approximate surface area is 144 Å². The molecule has 0 aromatic heterocycles. The number of ether oxygens (including phenoxy) is 1. The van der Waals surface area contributed by atoms with Crippen LogP contribution in [0.25, 0.3) is 0 Å². The van der Waals surface area contributed by atoms with E-state index in [1.54, 1.807) is 7.11 Å². The number of piperidine rings is 1. The van der Waals surface area contributed by atoms with Gasteiger partial charge in [0, 0.05) is 24.3 Å². The van der Waals surface area contributed by atoms with Gasteiger partial charge in [0.25, 0.3) is 0 Å². The first-order valence-electron chi connectivity index (χ1n) is 8.99. The SMILES string of the molecule is CCc1ccc(OC)cc1[C@]12CCN(C)C(C)C1(O)CCC(=O)C2. The van der Waals surface area contributed by atoms with Gasteiger partial charge < -0.3 is 14.7 Å². The molecule has 2 aliphatic rings. The summed E-state index contributed by atoms with van der Waals surface area (Å²) < 4.78 is 5.45. The zero-order valence-corrected chi connectivity index (χ0v) is 15.3. The van der Waals surface area contributed by atoms with Crippen LogP contribution in [0.5, 0.6) is 5.75 Å². The second kappa shape index (κ2) is 6.16. The van der Waals surface area contributed by atoms with E-state index < -0.39 is 11.0 Å². The van der Waals surface area contributed by atoms with E-state index in [-0.39, 0.29) is 11.8 Å². The van der Waals surface area contributed by atoms with E-state index in [2.05, 4.69) is 37.9 Å². The summed E-state index contributed by atoms with van der Waals surface area (Å²) in [7, 11) is 3.73. The number of fused-ring (bicyclic) bond motifs is 1. The molecule has 1 aliphatic heterocycles. The summed E-state index contributed by atoms with van der Waals surface area (Å²) in [5.41, 5.74) is 0.929. The number of rotatable bonds is 3. The molecular weight excluding hydrogens is 302 g/mol. The average Bonchev–Trinajstić information content (AvgIpc) is 2.60. The first-order valence-corrected chi connectivity index (χ1v) is 8.99. The summed E-state index contributed by atoms with van der Waals surface area (Å²) >= 11 is 0. The number of aryl methyl sites for hydroxylation is 1. The fourth-order valence-corrected chi connectivity index (χ4v) is 4.89. The third-order valence-corrected chi connectivity index (χ3v) is 6.57. The number of carbonyl (C=O) groups excluding carboxylic acids is 1. The van der Waals surface area contributed by atoms with Crippen molar-refractivity contribution in [3.63, 3.8) is 0 Å². The highest BCUT2D eigenvalue weighted by atomic mass is 16.5. The van der Waals surface area contributed by atoms with Crippen LogP contribution in [0.2, 0.25) is 0 Å². The lowest BCUT2D eigenvalue weighted by Crippen LogP contribution is -2.69. The highest BCUT2D eigenvalue weighted by Crippen LogP contribution is 2.54. The Morgan fingerprint density at radius 1 is 1.38 bits per heavy atom. The number of aliphatic hydroxyl groups is 1. The van der Waals surface area contributed by atoms with Crippen LogP contribution in [0.1, 0.15) is 50.7 Å². The molecule has 3 rings (SSSR count). The smallest absolute Gasteiger partial charge is 0.134 e. The zero-order chi connectivity index (χ0) is 17.5. The molecule has 4 heteroatoms. The quantitative estimate of drug-likeness (QED) is 0.925. The van der Waals surface area contributed by atoms with Crippen LogP contribution in [-0.2, 0) is 16.6 Å². The Morgan fingerprint density at radius 3 is 2.79 bits per heavy atom. The highest BCUT2D eigenvalue weighted by Gasteiger charge is 2.60. The number of Topliss-reactive ketones (excluding diaryl/α,β-unsaturated/α-hetero) is 1. The molecular formula is C20H29NO3. The molecule has 0 radical (unpaired) electrons. The maximum absolute atomic E-state index is 12.4. The molecule has 1 saturated heterocycles. The number of likely N-dealkylation sites (N-methyl/N-ethyl adjacent to an activating group) is 1. The van der Waals surface area contributed by atoms with E-state index in [1.165, 1.54) is 5.56 Å². The van der Waals surface area contributed by atoms with Gasteiger partial charge in [0.2, 0.25) is 0 Å². The van der Waals surface area contributed by atoms with Crippen LogP contribution in [0.3, 0.4) is 0 Å². The topological polar surface area (TPSA) is 49.8 Å². The average molecular weight is 331 g/mol. The molecule has 0 amide bonds. The van der Waals surface area contributed by atoms with Crippen LogP contribution < -0.4 is 4.74 Å². The fourth-order valence-electron chi connectivity index (χ4n) is 4.89. The minimum Gasteiger partial charge on any atom is -0.497 e. The van der Waals surface area contributed by atoms with Crippen LogP contribution in [0.4, 0.5) is 0 Å². The first kappa shape index (κ1) is 17.4. The monoisotopic (exact) mass is 331 g/mol. The van der Waals surface area contributed by atoms with Gasteiger partial charge in [-0.15, -0.1) is 0 Å². The number of likely N-dealkylation sites (tertiary alicyclic amines) is 1. The van der Waals surface area contributed by atoms with Crippen LogP contribution >= 0.6 is 0 Å². The molecule has 24 heavy (non-hydrogen) atoms. The number of hydrogen-bond acceptors (Lipinski definition) is 4. The molecule has 1 N–H and O–H groups in total. The van der Waals surface area contributed by atoms with Gasteiger partial charge >= 0.3 is 0 Å². The van der Waals surface area contributed by atoms with Crippen LogP contribution in [0.15, 0.2) is 18.2 Å². The molecule has 1 saturated carbocycles. The summed E-state index contributed by atoms with van der Waals surface area (Å²) in [6.07, 6.45) is 3.13. The standard InChI is InChI=1S/C20H29NO3/c1-5-15-6-7-17(24-4)12-18(15)19-10-11-21(3)14(2)20(19,23)9-8-16(22)13-19/h6-7,12,14,23H,5,8-11,13H2,1-4H3/t14?,19-,20?/m1/s1. The van der Waals surface area contributed by atoms with Crippen molar-refractivity contribution >= 4 is 5.78 Å². The maximum atomic E-state index is 12.4. The number of carbonyl (C=O) groups is 1. The van der Waals surface area contributed by atoms with E-state index in [0.717, 1.165) is 30.7 Å². The van der Waals surface area contributed by atoms with Gasteiger partial charge in [-0.25, -0.2) is 0 Å². The van der Waals surface area contributed by atoms with E-state index in [0.29, 0.717) is 19.3 Å². The predicted molar refractivity (Wildman–Crippen MR) is 94.6 cm³/mol. The van der Waals surface area contributed by atoms with E-state index in [9.17, 15) is 9.90 Å². The number of benzene rings is 1. The third-order valence-electron chi connectivity index (χ3n) is 6.57. The van der Waals surface area contributed by atoms with Crippen molar-refractivity contribution in [1.29, 1.82) is 0 Å². The van der Waals surface area contributed by atoms with E-state index in [1.807, 2.05) is 6.07 Å². The maximum Gasteiger partial charge on any atom is 0.134 e. The summed E-state index contributed by atoms with van der Waals surface area (Å²) in [6, 6.07) is 6.14. The van der Waals surface area contributed by atoms with E-state index in [4.69, 9.17) is 4.74 Å².